The minimum atomic E-state index is -0.863. The average Bonchev–Trinajstić information content (AvgIpc) is 3.31. The fourth-order valence-corrected chi connectivity index (χ4v) is 5.53. The normalized spacial score (nSPS) is 26.4. The fraction of sp³-hybridized carbons (Fsp3) is 0.316. The van der Waals surface area contributed by atoms with Gasteiger partial charge in [-0.1, -0.05) is 24.3 Å². The molecule has 3 amide bonds. The summed E-state index contributed by atoms with van der Waals surface area (Å²) >= 11 is 1.61. The summed E-state index contributed by atoms with van der Waals surface area (Å²) in [6.07, 6.45) is -0.625. The van der Waals surface area contributed by atoms with E-state index in [9.17, 15) is 14.4 Å². The Morgan fingerprint density at radius 3 is 2.70 bits per heavy atom. The van der Waals surface area contributed by atoms with Crippen LogP contribution in [0.3, 0.4) is 0 Å². The van der Waals surface area contributed by atoms with Crippen LogP contribution in [0.4, 0.5) is 4.79 Å². The number of thiophene rings is 1. The monoisotopic (exact) mass is 383 g/mol. The molecule has 3 aliphatic rings. The van der Waals surface area contributed by atoms with Crippen molar-refractivity contribution in [3.63, 3.8) is 0 Å². The molecule has 2 aromatic rings. The average molecular weight is 383 g/mol. The molecule has 0 saturated carbocycles. The van der Waals surface area contributed by atoms with E-state index in [2.05, 4.69) is 6.07 Å². The Hall–Kier alpha value is -2.71. The first-order valence-corrected chi connectivity index (χ1v) is 9.53. The van der Waals surface area contributed by atoms with Crippen LogP contribution in [0.1, 0.15) is 17.2 Å². The van der Waals surface area contributed by atoms with Crippen LogP contribution in [0.2, 0.25) is 0 Å². The lowest BCUT2D eigenvalue weighted by Crippen LogP contribution is -2.49. The number of ether oxygens (including phenoxy) is 1. The van der Waals surface area contributed by atoms with E-state index in [1.807, 2.05) is 34.7 Å². The lowest BCUT2D eigenvalue weighted by atomic mass is 9.90. The number of fused-ring (bicyclic) bond motifs is 7. The molecular weight excluding hydrogens is 366 g/mol. The molecule has 0 unspecified atom stereocenters. The van der Waals surface area contributed by atoms with Crippen molar-refractivity contribution in [3.05, 3.63) is 46.8 Å². The molecule has 27 heavy (non-hydrogen) atoms. The van der Waals surface area contributed by atoms with Gasteiger partial charge >= 0.3 is 6.09 Å². The minimum Gasteiger partial charge on any atom is -0.452 e. The number of hydrazine groups is 1. The van der Waals surface area contributed by atoms with Gasteiger partial charge in [-0.05, 0) is 28.1 Å². The number of carbonyl (C=O) groups is 3. The van der Waals surface area contributed by atoms with E-state index in [4.69, 9.17) is 4.74 Å². The van der Waals surface area contributed by atoms with Crippen LogP contribution in [0.25, 0.3) is 10.4 Å². The summed E-state index contributed by atoms with van der Waals surface area (Å²) in [6.45, 7) is 0.425. The molecule has 0 N–H and O–H groups in total. The number of likely N-dealkylation sites (N-methyl/N-ethyl adjacent to an activating group) is 1. The van der Waals surface area contributed by atoms with Crippen LogP contribution in [0.5, 0.6) is 0 Å². The Kier molecular flexibility index (Phi) is 3.44. The SMILES string of the molecule is COC(=O)N1[C@@H]2C(=O)N(C)C(=O)[C@@H]2[C@@H]2c3ccsc3-c3ccccc3CN21. The second-order valence-electron chi connectivity index (χ2n) is 6.93. The van der Waals surface area contributed by atoms with Crippen molar-refractivity contribution in [2.45, 2.75) is 18.6 Å². The molecule has 4 heterocycles. The lowest BCUT2D eigenvalue weighted by Gasteiger charge is -2.33. The molecule has 1 aromatic carbocycles. The Bertz CT molecular complexity index is 987. The number of hydrogen-bond acceptors (Lipinski definition) is 6. The van der Waals surface area contributed by atoms with Crippen molar-refractivity contribution in [2.75, 3.05) is 14.2 Å². The number of carbonyl (C=O) groups excluding carboxylic acids is 3. The highest BCUT2D eigenvalue weighted by Gasteiger charge is 2.63. The zero-order chi connectivity index (χ0) is 18.9. The van der Waals surface area contributed by atoms with Gasteiger partial charge in [0.2, 0.25) is 5.91 Å². The molecule has 3 aliphatic heterocycles. The summed E-state index contributed by atoms with van der Waals surface area (Å²) < 4.78 is 4.97. The topological polar surface area (TPSA) is 70.2 Å². The van der Waals surface area contributed by atoms with E-state index in [0.29, 0.717) is 6.54 Å². The third-order valence-electron chi connectivity index (χ3n) is 5.71. The molecule has 2 saturated heterocycles. The minimum absolute atomic E-state index is 0.255. The van der Waals surface area contributed by atoms with E-state index >= 15 is 0 Å². The van der Waals surface area contributed by atoms with Crippen LogP contribution in [-0.2, 0) is 20.9 Å². The van der Waals surface area contributed by atoms with Crippen LogP contribution in [-0.4, -0.2) is 53.0 Å². The molecule has 2 fully saturated rings. The first-order valence-electron chi connectivity index (χ1n) is 8.65. The van der Waals surface area contributed by atoms with E-state index < -0.39 is 18.1 Å². The van der Waals surface area contributed by atoms with Gasteiger partial charge in [0.05, 0.1) is 19.1 Å². The van der Waals surface area contributed by atoms with Gasteiger partial charge in [0.15, 0.2) is 0 Å². The Morgan fingerprint density at radius 2 is 1.93 bits per heavy atom. The number of amides is 3. The van der Waals surface area contributed by atoms with Crippen molar-refractivity contribution < 1.29 is 19.1 Å². The predicted octanol–water partition coefficient (Wildman–Crippen LogP) is 2.25. The molecule has 0 spiro atoms. The maximum absolute atomic E-state index is 12.9. The van der Waals surface area contributed by atoms with E-state index in [0.717, 1.165) is 26.5 Å². The molecular formula is C19H17N3O4S. The molecule has 0 radical (unpaired) electrons. The summed E-state index contributed by atoms with van der Waals surface area (Å²) in [5.74, 6) is -1.26. The van der Waals surface area contributed by atoms with Gasteiger partial charge in [0.25, 0.3) is 5.91 Å². The summed E-state index contributed by atoms with van der Waals surface area (Å²) in [4.78, 5) is 40.6. The Morgan fingerprint density at radius 1 is 1.15 bits per heavy atom. The predicted molar refractivity (Wildman–Crippen MR) is 97.3 cm³/mol. The number of hydrogen-bond donors (Lipinski definition) is 0. The summed E-state index contributed by atoms with van der Waals surface area (Å²) in [5, 5.41) is 5.18. The summed E-state index contributed by atoms with van der Waals surface area (Å²) in [6, 6.07) is 8.75. The van der Waals surface area contributed by atoms with Crippen molar-refractivity contribution in [2.24, 2.45) is 5.92 Å². The standard InChI is InChI=1S/C19H17N3O4S/c1-20-17(23)13-14-12-7-8-27-16(12)11-6-4-3-5-10(11)9-21(14)22(19(25)26-2)15(13)18(20)24/h3-8,13-15H,9H2,1-2H3/t13-,14+,15+/m1/s1. The molecule has 7 nitrogen and oxygen atoms in total. The highest BCUT2D eigenvalue weighted by Crippen LogP contribution is 2.52. The van der Waals surface area contributed by atoms with Gasteiger partial charge in [-0.15, -0.1) is 11.3 Å². The van der Waals surface area contributed by atoms with Crippen LogP contribution in [0.15, 0.2) is 35.7 Å². The second kappa shape index (κ2) is 5.64. The van der Waals surface area contributed by atoms with Crippen molar-refractivity contribution in [1.82, 2.24) is 14.9 Å². The molecule has 3 atom stereocenters. The van der Waals surface area contributed by atoms with E-state index in [-0.39, 0.29) is 17.9 Å². The van der Waals surface area contributed by atoms with Gasteiger partial charge in [0.1, 0.15) is 6.04 Å². The van der Waals surface area contributed by atoms with Gasteiger partial charge < -0.3 is 4.74 Å². The van der Waals surface area contributed by atoms with Crippen LogP contribution < -0.4 is 0 Å². The largest absolute Gasteiger partial charge is 0.452 e. The summed E-state index contributed by atoms with van der Waals surface area (Å²) in [5.41, 5.74) is 3.12. The molecule has 0 aliphatic carbocycles. The molecule has 5 rings (SSSR count). The molecule has 0 bridgehead atoms. The van der Waals surface area contributed by atoms with Crippen molar-refractivity contribution >= 4 is 29.2 Å². The quantitative estimate of drug-likeness (QED) is 0.653. The van der Waals surface area contributed by atoms with Gasteiger partial charge in [-0.2, -0.15) is 0 Å². The highest BCUT2D eigenvalue weighted by molar-refractivity contribution is 7.13. The Balaban J connectivity index is 1.75. The number of likely N-dealkylation sites (tertiary alicyclic amines) is 1. The van der Waals surface area contributed by atoms with E-state index in [1.54, 1.807) is 11.3 Å². The van der Waals surface area contributed by atoms with Crippen molar-refractivity contribution in [1.29, 1.82) is 0 Å². The molecule has 138 valence electrons. The Labute approximate surface area is 159 Å². The number of imide groups is 1. The maximum Gasteiger partial charge on any atom is 0.424 e. The van der Waals surface area contributed by atoms with Gasteiger partial charge in [0, 0.05) is 18.5 Å². The number of nitrogens with zero attached hydrogens (tertiary/aromatic N) is 3. The summed E-state index contributed by atoms with van der Waals surface area (Å²) in [7, 11) is 2.76. The maximum atomic E-state index is 12.9. The molecule has 1 aromatic heterocycles. The zero-order valence-corrected chi connectivity index (χ0v) is 15.6. The van der Waals surface area contributed by atoms with E-state index in [1.165, 1.54) is 19.2 Å². The third kappa shape index (κ3) is 2.02. The van der Waals surface area contributed by atoms with Crippen molar-refractivity contribution in [3.8, 4) is 10.4 Å². The lowest BCUT2D eigenvalue weighted by molar-refractivity contribution is -0.143. The van der Waals surface area contributed by atoms with Crippen LogP contribution in [0, 0.1) is 5.92 Å². The first kappa shape index (κ1) is 16.5. The highest BCUT2D eigenvalue weighted by atomic mass is 32.1. The van der Waals surface area contributed by atoms with Gasteiger partial charge in [-0.3, -0.25) is 14.5 Å². The van der Waals surface area contributed by atoms with Gasteiger partial charge in [-0.25, -0.2) is 14.8 Å². The number of methoxy groups -OCH3 is 1. The second-order valence-corrected chi connectivity index (χ2v) is 7.84. The zero-order valence-electron chi connectivity index (χ0n) is 14.8. The number of benzene rings is 1. The van der Waals surface area contributed by atoms with Crippen LogP contribution >= 0.6 is 11.3 Å². The molecule has 8 heteroatoms. The smallest absolute Gasteiger partial charge is 0.424 e. The fourth-order valence-electron chi connectivity index (χ4n) is 4.53. The first-order chi connectivity index (χ1) is 13.0. The number of rotatable bonds is 0. The third-order valence-corrected chi connectivity index (χ3v) is 6.67.